The Morgan fingerprint density at radius 3 is 2.68 bits per heavy atom. The first-order chi connectivity index (χ1) is 9.02. The maximum atomic E-state index is 11.6. The second-order valence-electron chi connectivity index (χ2n) is 4.84. The van der Waals surface area contributed by atoms with Gasteiger partial charge in [0.15, 0.2) is 0 Å². The van der Waals surface area contributed by atoms with Gasteiger partial charge in [-0.3, -0.25) is 4.79 Å². The van der Waals surface area contributed by atoms with E-state index in [2.05, 4.69) is 42.7 Å². The summed E-state index contributed by atoms with van der Waals surface area (Å²) in [6, 6.07) is 6.75. The molecule has 4 heteroatoms. The second-order valence-corrected chi connectivity index (χ2v) is 6.01. The summed E-state index contributed by atoms with van der Waals surface area (Å²) in [7, 11) is 1.90. The Balaban J connectivity index is 2.26. The van der Waals surface area contributed by atoms with Crippen LogP contribution in [0.25, 0.3) is 0 Å². The highest BCUT2D eigenvalue weighted by molar-refractivity contribution is 7.99. The van der Waals surface area contributed by atoms with E-state index in [4.69, 9.17) is 0 Å². The van der Waals surface area contributed by atoms with Gasteiger partial charge in [-0.15, -0.1) is 11.8 Å². The molecule has 0 radical (unpaired) electrons. The number of hydrogen-bond donors (Lipinski definition) is 2. The molecule has 1 aromatic carbocycles. The van der Waals surface area contributed by atoms with E-state index < -0.39 is 0 Å². The van der Waals surface area contributed by atoms with Gasteiger partial charge in [0.25, 0.3) is 0 Å². The molecule has 2 N–H and O–H groups in total. The van der Waals surface area contributed by atoms with Crippen LogP contribution in [-0.4, -0.2) is 31.3 Å². The van der Waals surface area contributed by atoms with Crippen LogP contribution in [0.15, 0.2) is 23.1 Å². The molecule has 1 aromatic rings. The van der Waals surface area contributed by atoms with Crippen LogP contribution in [0.5, 0.6) is 0 Å². The lowest BCUT2D eigenvalue weighted by Crippen LogP contribution is -2.37. The highest BCUT2D eigenvalue weighted by Gasteiger charge is 2.04. The molecule has 0 spiro atoms. The SMILES string of the molecule is CNC(C)CNC(=O)CCSc1ccc(C)c(C)c1. The number of carbonyl (C=O) groups excluding carboxylic acids is 1. The average molecular weight is 280 g/mol. The van der Waals surface area contributed by atoms with E-state index in [0.29, 0.717) is 19.0 Å². The Bertz CT molecular complexity index is 421. The zero-order valence-corrected chi connectivity index (χ0v) is 13.1. The normalized spacial score (nSPS) is 12.2. The molecule has 1 amide bonds. The maximum Gasteiger partial charge on any atom is 0.220 e. The van der Waals surface area contributed by atoms with Crippen LogP contribution in [-0.2, 0) is 4.79 Å². The van der Waals surface area contributed by atoms with Gasteiger partial charge in [-0.25, -0.2) is 0 Å². The molecule has 1 atom stereocenters. The number of hydrogen-bond acceptors (Lipinski definition) is 3. The van der Waals surface area contributed by atoms with E-state index >= 15 is 0 Å². The smallest absolute Gasteiger partial charge is 0.220 e. The van der Waals surface area contributed by atoms with Crippen LogP contribution in [0.3, 0.4) is 0 Å². The fraction of sp³-hybridized carbons (Fsp3) is 0.533. The van der Waals surface area contributed by atoms with Crippen molar-refractivity contribution in [2.75, 3.05) is 19.3 Å². The van der Waals surface area contributed by atoms with E-state index in [-0.39, 0.29) is 5.91 Å². The summed E-state index contributed by atoms with van der Waals surface area (Å²) in [4.78, 5) is 12.9. The standard InChI is InChI=1S/C15H24N2OS/c1-11-5-6-14(9-12(11)2)19-8-7-15(18)17-10-13(3)16-4/h5-6,9,13,16H,7-8,10H2,1-4H3,(H,17,18). The molecular weight excluding hydrogens is 256 g/mol. The zero-order valence-electron chi connectivity index (χ0n) is 12.2. The fourth-order valence-electron chi connectivity index (χ4n) is 1.52. The molecule has 0 aliphatic heterocycles. The lowest BCUT2D eigenvalue weighted by molar-refractivity contribution is -0.120. The number of benzene rings is 1. The van der Waals surface area contributed by atoms with Crippen LogP contribution >= 0.6 is 11.8 Å². The third kappa shape index (κ3) is 6.12. The van der Waals surface area contributed by atoms with Crippen LogP contribution < -0.4 is 10.6 Å². The van der Waals surface area contributed by atoms with Crippen LogP contribution in [0, 0.1) is 13.8 Å². The predicted octanol–water partition coefficient (Wildman–Crippen LogP) is 2.51. The van der Waals surface area contributed by atoms with Gasteiger partial charge in [0.05, 0.1) is 0 Å². The lowest BCUT2D eigenvalue weighted by Gasteiger charge is -2.11. The summed E-state index contributed by atoms with van der Waals surface area (Å²) in [5.74, 6) is 0.945. The van der Waals surface area contributed by atoms with Crippen molar-refractivity contribution >= 4 is 17.7 Å². The molecule has 0 fully saturated rings. The number of rotatable bonds is 7. The summed E-state index contributed by atoms with van der Waals surface area (Å²) < 4.78 is 0. The van der Waals surface area contributed by atoms with Crippen molar-refractivity contribution in [3.63, 3.8) is 0 Å². The maximum absolute atomic E-state index is 11.6. The number of carbonyl (C=O) groups is 1. The van der Waals surface area contributed by atoms with Gasteiger partial charge >= 0.3 is 0 Å². The van der Waals surface area contributed by atoms with E-state index in [1.54, 1.807) is 11.8 Å². The topological polar surface area (TPSA) is 41.1 Å². The van der Waals surface area contributed by atoms with Crippen LogP contribution in [0.2, 0.25) is 0 Å². The molecule has 1 unspecified atom stereocenters. The van der Waals surface area contributed by atoms with Crippen LogP contribution in [0.4, 0.5) is 0 Å². The number of aryl methyl sites for hydroxylation is 2. The van der Waals surface area contributed by atoms with E-state index in [1.807, 2.05) is 14.0 Å². The Morgan fingerprint density at radius 2 is 2.05 bits per heavy atom. The minimum absolute atomic E-state index is 0.124. The van der Waals surface area contributed by atoms with Gasteiger partial charge in [-0.05, 0) is 51.1 Å². The minimum Gasteiger partial charge on any atom is -0.355 e. The van der Waals surface area contributed by atoms with Gasteiger partial charge in [0, 0.05) is 29.7 Å². The summed E-state index contributed by atoms with van der Waals surface area (Å²) >= 11 is 1.74. The fourth-order valence-corrected chi connectivity index (χ4v) is 2.47. The van der Waals surface area contributed by atoms with Crippen molar-refractivity contribution in [2.24, 2.45) is 0 Å². The summed E-state index contributed by atoms with van der Waals surface area (Å²) in [6.45, 7) is 6.96. The molecule has 3 nitrogen and oxygen atoms in total. The largest absolute Gasteiger partial charge is 0.355 e. The Kier molecular flexibility index (Phi) is 6.95. The third-order valence-corrected chi connectivity index (χ3v) is 4.17. The van der Waals surface area contributed by atoms with Gasteiger partial charge in [0.1, 0.15) is 0 Å². The quantitative estimate of drug-likeness (QED) is 0.754. The summed E-state index contributed by atoms with van der Waals surface area (Å²) in [5, 5.41) is 6.02. The van der Waals surface area contributed by atoms with Gasteiger partial charge in [0.2, 0.25) is 5.91 Å². The van der Waals surface area contributed by atoms with Crippen molar-refractivity contribution in [3.8, 4) is 0 Å². The van der Waals surface area contributed by atoms with Gasteiger partial charge in [-0.2, -0.15) is 0 Å². The molecule has 0 saturated carbocycles. The Labute approximate surface area is 120 Å². The highest BCUT2D eigenvalue weighted by Crippen LogP contribution is 2.21. The molecule has 0 bridgehead atoms. The molecule has 0 aliphatic carbocycles. The number of nitrogens with one attached hydrogen (secondary N) is 2. The summed E-state index contributed by atoms with van der Waals surface area (Å²) in [6.07, 6.45) is 0.564. The van der Waals surface area contributed by atoms with Crippen molar-refractivity contribution in [3.05, 3.63) is 29.3 Å². The molecule has 0 heterocycles. The van der Waals surface area contributed by atoms with E-state index in [1.165, 1.54) is 16.0 Å². The first kappa shape index (κ1) is 16.1. The molecule has 1 rings (SSSR count). The molecule has 0 aromatic heterocycles. The molecule has 106 valence electrons. The Morgan fingerprint density at radius 1 is 1.32 bits per heavy atom. The number of likely N-dealkylation sites (N-methyl/N-ethyl adjacent to an activating group) is 1. The monoisotopic (exact) mass is 280 g/mol. The number of amides is 1. The summed E-state index contributed by atoms with van der Waals surface area (Å²) in [5.41, 5.74) is 2.61. The minimum atomic E-state index is 0.124. The lowest BCUT2D eigenvalue weighted by atomic mass is 10.1. The first-order valence-electron chi connectivity index (χ1n) is 6.67. The van der Waals surface area contributed by atoms with Crippen molar-refractivity contribution in [1.29, 1.82) is 0 Å². The molecule has 0 aliphatic rings. The van der Waals surface area contributed by atoms with Crippen molar-refractivity contribution in [1.82, 2.24) is 10.6 Å². The molecule has 0 saturated heterocycles. The van der Waals surface area contributed by atoms with Crippen LogP contribution in [0.1, 0.15) is 24.5 Å². The number of thioether (sulfide) groups is 1. The zero-order chi connectivity index (χ0) is 14.3. The average Bonchev–Trinajstić information content (AvgIpc) is 2.40. The second kappa shape index (κ2) is 8.23. The highest BCUT2D eigenvalue weighted by atomic mass is 32.2. The first-order valence-corrected chi connectivity index (χ1v) is 7.65. The van der Waals surface area contributed by atoms with E-state index in [0.717, 1.165) is 5.75 Å². The van der Waals surface area contributed by atoms with Crippen molar-refractivity contribution < 1.29 is 4.79 Å². The third-order valence-electron chi connectivity index (χ3n) is 3.17. The van der Waals surface area contributed by atoms with E-state index in [9.17, 15) is 4.79 Å². The Hall–Kier alpha value is -1.00. The van der Waals surface area contributed by atoms with Gasteiger partial charge < -0.3 is 10.6 Å². The van der Waals surface area contributed by atoms with Gasteiger partial charge in [-0.1, -0.05) is 6.07 Å². The molecular formula is C15H24N2OS. The van der Waals surface area contributed by atoms with Crippen molar-refractivity contribution in [2.45, 2.75) is 38.1 Å². The predicted molar refractivity (Wildman–Crippen MR) is 82.8 cm³/mol. The molecule has 19 heavy (non-hydrogen) atoms.